The number of carbonyl (C=O) groups excluding carboxylic acids is 1. The van der Waals surface area contributed by atoms with E-state index in [1.165, 1.54) is 6.42 Å². The molecule has 1 fully saturated rings. The zero-order valence-corrected chi connectivity index (χ0v) is 14.9. The van der Waals surface area contributed by atoms with Crippen LogP contribution in [0.15, 0.2) is 30.3 Å². The van der Waals surface area contributed by atoms with Crippen LogP contribution in [0, 0.1) is 5.92 Å². The smallest absolute Gasteiger partial charge is 0.303 e. The Morgan fingerprint density at radius 2 is 1.96 bits per heavy atom. The molecule has 0 bridgehead atoms. The molecule has 1 aliphatic carbocycles. The Kier molecular flexibility index (Phi) is 7.92. The van der Waals surface area contributed by atoms with Crippen LogP contribution in [0.4, 0.5) is 0 Å². The number of nitrogens with one attached hydrogen (secondary N) is 1. The molecule has 1 saturated carbocycles. The third-order valence-corrected chi connectivity index (χ3v) is 4.86. The first kappa shape index (κ1) is 19.4. The summed E-state index contributed by atoms with van der Waals surface area (Å²) in [7, 11) is 0. The van der Waals surface area contributed by atoms with Gasteiger partial charge >= 0.3 is 5.97 Å². The van der Waals surface area contributed by atoms with Crippen molar-refractivity contribution in [2.45, 2.75) is 64.0 Å². The molecule has 0 saturated heterocycles. The van der Waals surface area contributed by atoms with Crippen molar-refractivity contribution >= 4 is 11.9 Å². The van der Waals surface area contributed by atoms with Crippen LogP contribution in [0.25, 0.3) is 0 Å². The van der Waals surface area contributed by atoms with Gasteiger partial charge in [-0.1, -0.05) is 50.1 Å². The maximum Gasteiger partial charge on any atom is 0.303 e. The van der Waals surface area contributed by atoms with Gasteiger partial charge in [-0.05, 0) is 37.2 Å². The van der Waals surface area contributed by atoms with Gasteiger partial charge in [0.05, 0.1) is 6.10 Å². The first-order chi connectivity index (χ1) is 12.0. The predicted octanol–water partition coefficient (Wildman–Crippen LogP) is 3.17. The minimum Gasteiger partial charge on any atom is -0.481 e. The molecule has 1 aliphatic rings. The van der Waals surface area contributed by atoms with Crippen molar-refractivity contribution in [2.24, 2.45) is 5.92 Å². The number of benzene rings is 1. The van der Waals surface area contributed by atoms with Crippen LogP contribution in [0.2, 0.25) is 0 Å². The van der Waals surface area contributed by atoms with E-state index in [9.17, 15) is 9.59 Å². The minimum absolute atomic E-state index is 0.0400. The molecule has 1 aromatic carbocycles. The molecule has 0 spiro atoms. The quantitative estimate of drug-likeness (QED) is 0.719. The molecule has 3 atom stereocenters. The largest absolute Gasteiger partial charge is 0.481 e. The van der Waals surface area contributed by atoms with Crippen LogP contribution >= 0.6 is 0 Å². The van der Waals surface area contributed by atoms with E-state index in [0.29, 0.717) is 18.8 Å². The zero-order chi connectivity index (χ0) is 18.1. The third-order valence-electron chi connectivity index (χ3n) is 4.86. The summed E-state index contributed by atoms with van der Waals surface area (Å²) in [5, 5.41) is 11.9. The van der Waals surface area contributed by atoms with Gasteiger partial charge in [-0.2, -0.15) is 0 Å². The molecular weight excluding hydrogens is 318 g/mol. The van der Waals surface area contributed by atoms with Crippen molar-refractivity contribution in [2.75, 3.05) is 6.61 Å². The van der Waals surface area contributed by atoms with Gasteiger partial charge in [0, 0.05) is 12.5 Å². The normalized spacial score (nSPS) is 21.5. The van der Waals surface area contributed by atoms with Gasteiger partial charge in [0.15, 0.2) is 0 Å². The van der Waals surface area contributed by atoms with Crippen LogP contribution in [-0.2, 0) is 20.7 Å². The Morgan fingerprint density at radius 1 is 1.24 bits per heavy atom. The van der Waals surface area contributed by atoms with Crippen molar-refractivity contribution in [1.82, 2.24) is 5.32 Å². The average Bonchev–Trinajstić information content (AvgIpc) is 2.60. The van der Waals surface area contributed by atoms with E-state index in [1.54, 1.807) is 0 Å². The number of aliphatic carboxylic acids is 1. The molecule has 5 nitrogen and oxygen atoms in total. The third kappa shape index (κ3) is 7.26. The van der Waals surface area contributed by atoms with Crippen molar-refractivity contribution in [1.29, 1.82) is 0 Å². The first-order valence-electron chi connectivity index (χ1n) is 9.21. The molecular formula is C20H29NO4. The number of hydrogen-bond donors (Lipinski definition) is 2. The predicted molar refractivity (Wildman–Crippen MR) is 96.3 cm³/mol. The second-order valence-corrected chi connectivity index (χ2v) is 7.00. The summed E-state index contributed by atoms with van der Waals surface area (Å²) < 4.78 is 5.81. The molecule has 138 valence electrons. The van der Waals surface area contributed by atoms with E-state index in [2.05, 4.69) is 12.2 Å². The van der Waals surface area contributed by atoms with Crippen molar-refractivity contribution in [3.05, 3.63) is 35.9 Å². The summed E-state index contributed by atoms with van der Waals surface area (Å²) in [5.41, 5.74) is 1.08. The molecule has 3 unspecified atom stereocenters. The maximum atomic E-state index is 12.3. The minimum atomic E-state index is -0.848. The molecule has 25 heavy (non-hydrogen) atoms. The van der Waals surface area contributed by atoms with Crippen LogP contribution < -0.4 is 5.32 Å². The van der Waals surface area contributed by atoms with Crippen LogP contribution in [-0.4, -0.2) is 35.7 Å². The summed E-state index contributed by atoms with van der Waals surface area (Å²) >= 11 is 0. The Morgan fingerprint density at radius 3 is 2.64 bits per heavy atom. The van der Waals surface area contributed by atoms with E-state index >= 15 is 0 Å². The summed E-state index contributed by atoms with van der Waals surface area (Å²) in [4.78, 5) is 23.1. The number of carboxylic acids is 1. The Bertz CT molecular complexity index is 546. The molecule has 0 aromatic heterocycles. The fourth-order valence-electron chi connectivity index (χ4n) is 3.40. The second kappa shape index (κ2) is 10.2. The van der Waals surface area contributed by atoms with Crippen LogP contribution in [0.1, 0.15) is 51.0 Å². The van der Waals surface area contributed by atoms with Crippen LogP contribution in [0.3, 0.4) is 0 Å². The topological polar surface area (TPSA) is 75.6 Å². The fourth-order valence-corrected chi connectivity index (χ4v) is 3.40. The highest BCUT2D eigenvalue weighted by molar-refractivity contribution is 5.77. The van der Waals surface area contributed by atoms with Crippen LogP contribution in [0.5, 0.6) is 0 Å². The molecule has 1 amide bonds. The van der Waals surface area contributed by atoms with Crippen molar-refractivity contribution in [3.8, 4) is 0 Å². The standard InChI is InChI=1S/C20H29NO4/c1-15-7-5-6-10-18(15)25-14-19(22)21-17(11-12-20(23)24)13-16-8-3-2-4-9-16/h2-4,8-9,15,17-18H,5-7,10-14H2,1H3,(H,21,22)(H,23,24). The zero-order valence-electron chi connectivity index (χ0n) is 14.9. The monoisotopic (exact) mass is 347 g/mol. The number of carboxylic acid groups (broad SMARTS) is 1. The lowest BCUT2D eigenvalue weighted by atomic mass is 9.88. The number of ether oxygens (including phenoxy) is 1. The highest BCUT2D eigenvalue weighted by Crippen LogP contribution is 2.26. The van der Waals surface area contributed by atoms with Gasteiger partial charge in [-0.3, -0.25) is 9.59 Å². The van der Waals surface area contributed by atoms with Crippen molar-refractivity contribution < 1.29 is 19.4 Å². The number of carbonyl (C=O) groups is 2. The summed E-state index contributed by atoms with van der Waals surface area (Å²) in [6.07, 6.45) is 5.80. The first-order valence-corrected chi connectivity index (χ1v) is 9.21. The van der Waals surface area contributed by atoms with Gasteiger partial charge in [-0.25, -0.2) is 0 Å². The number of rotatable bonds is 9. The molecule has 1 aromatic rings. The van der Waals surface area contributed by atoms with E-state index in [1.807, 2.05) is 30.3 Å². The van der Waals surface area contributed by atoms with E-state index in [-0.39, 0.29) is 31.1 Å². The second-order valence-electron chi connectivity index (χ2n) is 7.00. The molecule has 0 aliphatic heterocycles. The molecule has 5 heteroatoms. The highest BCUT2D eigenvalue weighted by atomic mass is 16.5. The van der Waals surface area contributed by atoms with Gasteiger partial charge in [0.25, 0.3) is 0 Å². The van der Waals surface area contributed by atoms with Gasteiger partial charge in [-0.15, -0.1) is 0 Å². The average molecular weight is 347 g/mol. The Hall–Kier alpha value is -1.88. The highest BCUT2D eigenvalue weighted by Gasteiger charge is 2.23. The molecule has 0 heterocycles. The summed E-state index contributed by atoms with van der Waals surface area (Å²) in [6.45, 7) is 2.22. The lowest BCUT2D eigenvalue weighted by molar-refractivity contribution is -0.137. The number of hydrogen-bond acceptors (Lipinski definition) is 3. The molecule has 0 radical (unpaired) electrons. The Balaban J connectivity index is 1.83. The van der Waals surface area contributed by atoms with E-state index in [4.69, 9.17) is 9.84 Å². The lowest BCUT2D eigenvalue weighted by Gasteiger charge is -2.28. The van der Waals surface area contributed by atoms with Gasteiger partial charge < -0.3 is 15.2 Å². The summed E-state index contributed by atoms with van der Waals surface area (Å²) in [5.74, 6) is -0.516. The van der Waals surface area contributed by atoms with E-state index < -0.39 is 5.97 Å². The summed E-state index contributed by atoms with van der Waals surface area (Å²) in [6, 6.07) is 9.60. The SMILES string of the molecule is CC1CCCCC1OCC(=O)NC(CCC(=O)O)Cc1ccccc1. The van der Waals surface area contributed by atoms with Gasteiger partial charge in [0.1, 0.15) is 6.61 Å². The van der Waals surface area contributed by atoms with Gasteiger partial charge in [0.2, 0.25) is 5.91 Å². The fraction of sp³-hybridized carbons (Fsp3) is 0.600. The molecule has 2 rings (SSSR count). The molecule has 2 N–H and O–H groups in total. The van der Waals surface area contributed by atoms with E-state index in [0.717, 1.165) is 24.8 Å². The lowest BCUT2D eigenvalue weighted by Crippen LogP contribution is -2.40. The Labute approximate surface area is 149 Å². The maximum absolute atomic E-state index is 12.3. The number of amides is 1. The van der Waals surface area contributed by atoms with Crippen molar-refractivity contribution in [3.63, 3.8) is 0 Å².